The molecule has 9 heteroatoms. The zero-order valence-electron chi connectivity index (χ0n) is 20.8. The summed E-state index contributed by atoms with van der Waals surface area (Å²) < 4.78 is 0. The minimum absolute atomic E-state index is 0.283. The number of unbranched alkanes of at least 4 members (excludes halogenated alkanes) is 1. The summed E-state index contributed by atoms with van der Waals surface area (Å²) in [6.07, 6.45) is 6.83. The number of H-pyrrole nitrogens is 1. The fraction of sp³-hybridized carbons (Fsp3) is 0.357. The number of carbonyl (C=O) groups is 1. The average Bonchev–Trinajstić information content (AvgIpc) is 3.68. The van der Waals surface area contributed by atoms with E-state index in [0.29, 0.717) is 17.7 Å². The highest BCUT2D eigenvalue weighted by molar-refractivity contribution is 5.96. The molecule has 2 heterocycles. The first-order valence-electron chi connectivity index (χ1n) is 12.7. The molecule has 1 fully saturated rings. The van der Waals surface area contributed by atoms with E-state index in [2.05, 4.69) is 50.6 Å². The van der Waals surface area contributed by atoms with Crippen molar-refractivity contribution in [3.63, 3.8) is 0 Å². The topological polar surface area (TPSA) is 131 Å². The number of nitrogens with zero attached hydrogens (tertiary/aromatic N) is 6. The van der Waals surface area contributed by atoms with Crippen LogP contribution in [0.4, 0.5) is 0 Å². The van der Waals surface area contributed by atoms with Crippen molar-refractivity contribution in [2.75, 3.05) is 0 Å². The Morgan fingerprint density at radius 1 is 1.16 bits per heavy atom. The van der Waals surface area contributed by atoms with Crippen LogP contribution in [0, 0.1) is 11.3 Å². The summed E-state index contributed by atoms with van der Waals surface area (Å²) in [6.45, 7) is 2.81. The van der Waals surface area contributed by atoms with Crippen LogP contribution in [0.15, 0.2) is 59.2 Å². The van der Waals surface area contributed by atoms with Crippen LogP contribution in [-0.4, -0.2) is 48.0 Å². The quantitative estimate of drug-likeness (QED) is 0.410. The second kappa shape index (κ2) is 10.3. The summed E-state index contributed by atoms with van der Waals surface area (Å²) >= 11 is 0. The number of benzene rings is 2. The van der Waals surface area contributed by atoms with Gasteiger partial charge in [0.1, 0.15) is 17.5 Å². The third-order valence-corrected chi connectivity index (χ3v) is 7.38. The molecule has 1 saturated carbocycles. The number of nitrogens with one attached hydrogen (secondary N) is 1. The number of hydrogen-bond donors (Lipinski definition) is 2. The lowest BCUT2D eigenvalue weighted by Crippen LogP contribution is -2.46. The van der Waals surface area contributed by atoms with Crippen LogP contribution in [-0.2, 0) is 6.54 Å². The number of nitriles is 1. The molecule has 1 aliphatic heterocycles. The van der Waals surface area contributed by atoms with Gasteiger partial charge in [0.15, 0.2) is 0 Å². The second-order valence-electron chi connectivity index (χ2n) is 9.57. The van der Waals surface area contributed by atoms with Crippen LogP contribution in [0.2, 0.25) is 0 Å². The van der Waals surface area contributed by atoms with Gasteiger partial charge < -0.3 is 10.0 Å². The lowest BCUT2D eigenvalue weighted by molar-refractivity contribution is 0.0697. The molecule has 0 radical (unpaired) electrons. The third-order valence-electron chi connectivity index (χ3n) is 7.38. The van der Waals surface area contributed by atoms with Crippen LogP contribution in [0.5, 0.6) is 0 Å². The van der Waals surface area contributed by atoms with Gasteiger partial charge in [0, 0.05) is 13.0 Å². The summed E-state index contributed by atoms with van der Waals surface area (Å²) in [5.74, 6) is 0.340. The van der Waals surface area contributed by atoms with Gasteiger partial charge in [-0.25, -0.2) is 9.79 Å². The number of aromatic carboxylic acids is 1. The normalized spacial score (nSPS) is 17.6. The number of aromatic nitrogens is 4. The van der Waals surface area contributed by atoms with Gasteiger partial charge in [-0.2, -0.15) is 10.5 Å². The molecule has 0 atom stereocenters. The Morgan fingerprint density at radius 3 is 2.57 bits per heavy atom. The molecule has 1 spiro atoms. The molecule has 2 N–H and O–H groups in total. The molecule has 9 nitrogen and oxygen atoms in total. The molecule has 2 aliphatic rings. The summed E-state index contributed by atoms with van der Waals surface area (Å²) in [7, 11) is 0. The van der Waals surface area contributed by atoms with Gasteiger partial charge in [0.05, 0.1) is 16.8 Å². The second-order valence-corrected chi connectivity index (χ2v) is 9.57. The van der Waals surface area contributed by atoms with Gasteiger partial charge in [-0.1, -0.05) is 68.7 Å². The zero-order valence-corrected chi connectivity index (χ0v) is 20.8. The molecule has 0 saturated heterocycles. The smallest absolute Gasteiger partial charge is 0.336 e. The van der Waals surface area contributed by atoms with E-state index >= 15 is 0 Å². The Labute approximate surface area is 215 Å². The van der Waals surface area contributed by atoms with E-state index in [1.54, 1.807) is 12.1 Å². The maximum Gasteiger partial charge on any atom is 0.336 e. The van der Waals surface area contributed by atoms with Crippen molar-refractivity contribution in [1.82, 2.24) is 25.5 Å². The number of carboxylic acid groups (broad SMARTS) is 1. The highest BCUT2D eigenvalue weighted by Gasteiger charge is 2.50. The molecule has 188 valence electrons. The number of allylic oxidation sites excluding steroid dienone is 1. The summed E-state index contributed by atoms with van der Waals surface area (Å²) in [6, 6.07) is 17.4. The fourth-order valence-electron chi connectivity index (χ4n) is 5.56. The minimum Gasteiger partial charge on any atom is -0.478 e. The molecular weight excluding hydrogens is 466 g/mol. The summed E-state index contributed by atoms with van der Waals surface area (Å²) in [4.78, 5) is 19.2. The van der Waals surface area contributed by atoms with Gasteiger partial charge in [0.2, 0.25) is 5.82 Å². The summed E-state index contributed by atoms with van der Waals surface area (Å²) in [5.41, 5.74) is 3.72. The van der Waals surface area contributed by atoms with E-state index in [-0.39, 0.29) is 16.9 Å². The highest BCUT2D eigenvalue weighted by atomic mass is 16.4. The molecule has 3 aromatic rings. The van der Waals surface area contributed by atoms with Crippen LogP contribution in [0.25, 0.3) is 16.7 Å². The van der Waals surface area contributed by atoms with Gasteiger partial charge in [0.25, 0.3) is 0 Å². The largest absolute Gasteiger partial charge is 0.478 e. The Kier molecular flexibility index (Phi) is 6.82. The van der Waals surface area contributed by atoms with Crippen molar-refractivity contribution in [2.24, 2.45) is 4.99 Å². The molecule has 5 rings (SSSR count). The van der Waals surface area contributed by atoms with Crippen molar-refractivity contribution in [2.45, 2.75) is 64.0 Å². The maximum absolute atomic E-state index is 11.7. The Morgan fingerprint density at radius 2 is 1.92 bits per heavy atom. The van der Waals surface area contributed by atoms with E-state index in [4.69, 9.17) is 4.99 Å². The number of tetrazole rings is 1. The van der Waals surface area contributed by atoms with Crippen molar-refractivity contribution >= 4 is 17.4 Å². The summed E-state index contributed by atoms with van der Waals surface area (Å²) in [5, 5.41) is 34.0. The van der Waals surface area contributed by atoms with Crippen molar-refractivity contribution in [3.8, 4) is 17.2 Å². The van der Waals surface area contributed by atoms with Gasteiger partial charge in [-0.05, 0) is 47.2 Å². The van der Waals surface area contributed by atoms with Gasteiger partial charge >= 0.3 is 5.97 Å². The number of carboxylic acids is 1. The van der Waals surface area contributed by atoms with E-state index in [1.807, 2.05) is 24.3 Å². The van der Waals surface area contributed by atoms with E-state index in [1.165, 1.54) is 0 Å². The predicted molar refractivity (Wildman–Crippen MR) is 139 cm³/mol. The Bertz CT molecular complexity index is 1380. The van der Waals surface area contributed by atoms with Crippen LogP contribution >= 0.6 is 0 Å². The Hall–Kier alpha value is -4.32. The Balaban J connectivity index is 1.52. The van der Waals surface area contributed by atoms with Crippen molar-refractivity contribution < 1.29 is 9.90 Å². The van der Waals surface area contributed by atoms with Crippen molar-refractivity contribution in [3.05, 3.63) is 71.2 Å². The lowest BCUT2D eigenvalue weighted by atomic mass is 9.88. The number of amidine groups is 1. The standard InChI is InChI=1S/C28H29N7O2/c1-2-3-10-24-30-25(23(17-29)26-31-33-34-32-26)28(15-6-7-16-28)35(24)18-19-11-13-20(14-12-19)21-8-4-5-9-22(21)27(36)37/h4-5,8-9,11-14H,2-3,6-7,10,15-16,18H2,1H3,(H,36,37)(H,31,32,33,34)/b25-23-. The van der Waals surface area contributed by atoms with Crippen LogP contribution < -0.4 is 0 Å². The monoisotopic (exact) mass is 495 g/mol. The molecule has 37 heavy (non-hydrogen) atoms. The van der Waals surface area contributed by atoms with Crippen molar-refractivity contribution in [1.29, 1.82) is 5.26 Å². The molecule has 0 bridgehead atoms. The number of aromatic amines is 1. The van der Waals surface area contributed by atoms with E-state index < -0.39 is 5.97 Å². The van der Waals surface area contributed by atoms with Crippen LogP contribution in [0.3, 0.4) is 0 Å². The minimum atomic E-state index is -0.939. The number of hydrogen-bond acceptors (Lipinski definition) is 7. The maximum atomic E-state index is 11.7. The molecule has 1 aromatic heterocycles. The third kappa shape index (κ3) is 4.51. The lowest BCUT2D eigenvalue weighted by Gasteiger charge is -2.38. The highest BCUT2D eigenvalue weighted by Crippen LogP contribution is 2.49. The number of aliphatic imine (C=N–C) groups is 1. The molecule has 0 unspecified atom stereocenters. The molecule has 0 amide bonds. The fourth-order valence-corrected chi connectivity index (χ4v) is 5.56. The molecule has 2 aromatic carbocycles. The van der Waals surface area contributed by atoms with E-state index in [9.17, 15) is 15.2 Å². The molecule has 1 aliphatic carbocycles. The first kappa shape index (κ1) is 24.4. The number of rotatable bonds is 8. The average molecular weight is 496 g/mol. The van der Waals surface area contributed by atoms with Gasteiger partial charge in [-0.15, -0.1) is 10.2 Å². The predicted octanol–water partition coefficient (Wildman–Crippen LogP) is 5.22. The van der Waals surface area contributed by atoms with E-state index in [0.717, 1.165) is 67.6 Å². The van der Waals surface area contributed by atoms with Crippen LogP contribution in [0.1, 0.15) is 73.6 Å². The SMILES string of the molecule is CCCCC1=N/C(=C(/C#N)c2nn[nH]n2)C2(CCCC2)N1Cc1ccc(-c2ccccc2C(=O)O)cc1. The van der Waals surface area contributed by atoms with Gasteiger partial charge in [-0.3, -0.25) is 0 Å². The first-order valence-corrected chi connectivity index (χ1v) is 12.7. The zero-order chi connectivity index (χ0) is 25.8. The molecular formula is C28H29N7O2. The first-order chi connectivity index (χ1) is 18.1.